The Kier molecular flexibility index (Phi) is 4.08. The molecule has 3 rings (SSSR count). The molecule has 0 radical (unpaired) electrons. The Labute approximate surface area is 124 Å². The Hall–Kier alpha value is -1.65. The molecule has 0 spiro atoms. The van der Waals surface area contributed by atoms with Gasteiger partial charge in [-0.3, -0.25) is 9.59 Å². The van der Waals surface area contributed by atoms with E-state index in [0.717, 1.165) is 56.5 Å². The minimum absolute atomic E-state index is 0.0203. The third-order valence-corrected chi connectivity index (χ3v) is 4.57. The number of nitrogens with zero attached hydrogens (tertiary/aromatic N) is 3. The van der Waals surface area contributed by atoms with Crippen LogP contribution in [0.3, 0.4) is 0 Å². The number of piperidine rings is 1. The van der Waals surface area contributed by atoms with Crippen LogP contribution in [-0.4, -0.2) is 33.7 Å². The zero-order valence-corrected chi connectivity index (χ0v) is 12.7. The van der Waals surface area contributed by atoms with Crippen molar-refractivity contribution in [2.45, 2.75) is 52.0 Å². The van der Waals surface area contributed by atoms with Gasteiger partial charge in [0.15, 0.2) is 0 Å². The fourth-order valence-electron chi connectivity index (χ4n) is 3.36. The van der Waals surface area contributed by atoms with E-state index in [1.54, 1.807) is 6.07 Å². The van der Waals surface area contributed by atoms with Crippen LogP contribution in [0.5, 0.6) is 0 Å². The average Bonchev–Trinajstić information content (AvgIpc) is 2.48. The van der Waals surface area contributed by atoms with Crippen molar-refractivity contribution in [2.24, 2.45) is 5.92 Å². The highest BCUT2D eigenvalue weighted by atomic mass is 16.2. The van der Waals surface area contributed by atoms with E-state index < -0.39 is 0 Å². The molecule has 1 saturated heterocycles. The molecule has 1 aliphatic heterocycles. The molecule has 2 aliphatic rings. The van der Waals surface area contributed by atoms with E-state index >= 15 is 0 Å². The molecule has 1 amide bonds. The molecule has 114 valence electrons. The Bertz CT molecular complexity index is 594. The normalized spacial score (nSPS) is 22.0. The molecule has 21 heavy (non-hydrogen) atoms. The van der Waals surface area contributed by atoms with Crippen LogP contribution < -0.4 is 5.56 Å². The van der Waals surface area contributed by atoms with Gasteiger partial charge in [0.05, 0.1) is 5.69 Å². The Morgan fingerprint density at radius 2 is 2.14 bits per heavy atom. The van der Waals surface area contributed by atoms with Crippen LogP contribution in [0, 0.1) is 5.92 Å². The predicted octanol–water partition coefficient (Wildman–Crippen LogP) is 1.38. The second-order valence-electron chi connectivity index (χ2n) is 6.41. The van der Waals surface area contributed by atoms with E-state index in [4.69, 9.17) is 0 Å². The quantitative estimate of drug-likeness (QED) is 0.826. The van der Waals surface area contributed by atoms with Crippen molar-refractivity contribution in [3.05, 3.63) is 27.7 Å². The van der Waals surface area contributed by atoms with Crippen molar-refractivity contribution in [1.82, 2.24) is 14.7 Å². The van der Waals surface area contributed by atoms with Crippen molar-refractivity contribution in [3.63, 3.8) is 0 Å². The van der Waals surface area contributed by atoms with E-state index in [9.17, 15) is 9.59 Å². The van der Waals surface area contributed by atoms with Crippen LogP contribution in [0.15, 0.2) is 10.9 Å². The lowest BCUT2D eigenvalue weighted by molar-refractivity contribution is -0.133. The number of rotatable bonds is 2. The lowest BCUT2D eigenvalue weighted by Gasteiger charge is -2.31. The van der Waals surface area contributed by atoms with Crippen LogP contribution in [-0.2, 0) is 24.2 Å². The largest absolute Gasteiger partial charge is 0.341 e. The molecular formula is C16H23N3O2. The van der Waals surface area contributed by atoms with Crippen molar-refractivity contribution >= 4 is 5.91 Å². The lowest BCUT2D eigenvalue weighted by Crippen LogP contribution is -2.42. The molecule has 1 atom stereocenters. The van der Waals surface area contributed by atoms with Gasteiger partial charge in [0, 0.05) is 19.2 Å². The molecule has 0 bridgehead atoms. The molecule has 0 saturated carbocycles. The number of carbonyl (C=O) groups is 1. The zero-order chi connectivity index (χ0) is 14.8. The summed E-state index contributed by atoms with van der Waals surface area (Å²) in [6, 6.07) is 1.67. The van der Waals surface area contributed by atoms with E-state index in [1.165, 1.54) is 11.1 Å². The van der Waals surface area contributed by atoms with Gasteiger partial charge in [-0.15, -0.1) is 0 Å². The standard InChI is InChI=1S/C16H23N3O2/c1-12-5-4-8-18(10-12)16(21)11-19-15(20)9-13-6-2-3-7-14(13)17-19/h9,12H,2-8,10-11H2,1H3. The summed E-state index contributed by atoms with van der Waals surface area (Å²) in [5.41, 5.74) is 1.93. The molecule has 1 aromatic heterocycles. The minimum Gasteiger partial charge on any atom is -0.341 e. The number of likely N-dealkylation sites (tertiary alicyclic amines) is 1. The first-order chi connectivity index (χ1) is 10.1. The molecule has 1 aromatic rings. The number of amides is 1. The maximum atomic E-state index is 12.4. The van der Waals surface area contributed by atoms with Crippen molar-refractivity contribution in [1.29, 1.82) is 0 Å². The molecule has 1 aliphatic carbocycles. The van der Waals surface area contributed by atoms with Gasteiger partial charge in [0.1, 0.15) is 6.54 Å². The number of hydrogen-bond acceptors (Lipinski definition) is 3. The van der Waals surface area contributed by atoms with Crippen LogP contribution in [0.2, 0.25) is 0 Å². The fourth-order valence-corrected chi connectivity index (χ4v) is 3.36. The molecule has 1 unspecified atom stereocenters. The van der Waals surface area contributed by atoms with E-state index in [1.807, 2.05) is 4.90 Å². The number of hydrogen-bond donors (Lipinski definition) is 0. The second kappa shape index (κ2) is 6.00. The van der Waals surface area contributed by atoms with Crippen molar-refractivity contribution in [3.8, 4) is 0 Å². The summed E-state index contributed by atoms with van der Waals surface area (Å²) >= 11 is 0. The first kappa shape index (κ1) is 14.3. The summed E-state index contributed by atoms with van der Waals surface area (Å²) < 4.78 is 1.35. The summed E-state index contributed by atoms with van der Waals surface area (Å²) in [7, 11) is 0. The predicted molar refractivity (Wildman–Crippen MR) is 80.1 cm³/mol. The number of carbonyl (C=O) groups excluding carboxylic acids is 1. The zero-order valence-electron chi connectivity index (χ0n) is 12.7. The van der Waals surface area contributed by atoms with Crippen LogP contribution in [0.1, 0.15) is 43.9 Å². The first-order valence-electron chi connectivity index (χ1n) is 8.01. The maximum absolute atomic E-state index is 12.4. The Balaban J connectivity index is 1.75. The third kappa shape index (κ3) is 3.17. The highest BCUT2D eigenvalue weighted by molar-refractivity contribution is 5.76. The number of fused-ring (bicyclic) bond motifs is 1. The summed E-state index contributed by atoms with van der Waals surface area (Å²) in [5.74, 6) is 0.572. The molecule has 0 aromatic carbocycles. The van der Waals surface area contributed by atoms with Gasteiger partial charge in [-0.25, -0.2) is 4.68 Å². The number of aryl methyl sites for hydroxylation is 2. The highest BCUT2D eigenvalue weighted by Gasteiger charge is 2.22. The van der Waals surface area contributed by atoms with Gasteiger partial charge >= 0.3 is 0 Å². The maximum Gasteiger partial charge on any atom is 0.267 e. The van der Waals surface area contributed by atoms with Gasteiger partial charge in [-0.05, 0) is 50.0 Å². The molecule has 5 heteroatoms. The molecule has 1 fully saturated rings. The van der Waals surface area contributed by atoms with Crippen LogP contribution >= 0.6 is 0 Å². The topological polar surface area (TPSA) is 55.2 Å². The lowest BCUT2D eigenvalue weighted by atomic mass is 9.97. The van der Waals surface area contributed by atoms with Gasteiger partial charge in [0.25, 0.3) is 5.56 Å². The highest BCUT2D eigenvalue weighted by Crippen LogP contribution is 2.18. The Morgan fingerprint density at radius 1 is 1.33 bits per heavy atom. The fraction of sp³-hybridized carbons (Fsp3) is 0.688. The van der Waals surface area contributed by atoms with Gasteiger partial charge in [-0.1, -0.05) is 6.92 Å². The van der Waals surface area contributed by atoms with E-state index in [2.05, 4.69) is 12.0 Å². The minimum atomic E-state index is -0.144. The summed E-state index contributed by atoms with van der Waals surface area (Å²) in [5, 5.41) is 4.42. The molecule has 0 N–H and O–H groups in total. The molecule has 5 nitrogen and oxygen atoms in total. The third-order valence-electron chi connectivity index (χ3n) is 4.57. The van der Waals surface area contributed by atoms with E-state index in [0.29, 0.717) is 5.92 Å². The summed E-state index contributed by atoms with van der Waals surface area (Å²) in [6.07, 6.45) is 6.35. The first-order valence-corrected chi connectivity index (χ1v) is 8.01. The van der Waals surface area contributed by atoms with Crippen LogP contribution in [0.25, 0.3) is 0 Å². The number of aromatic nitrogens is 2. The van der Waals surface area contributed by atoms with Crippen molar-refractivity contribution in [2.75, 3.05) is 13.1 Å². The smallest absolute Gasteiger partial charge is 0.267 e. The SMILES string of the molecule is CC1CCCN(C(=O)Cn2nc3c(cc2=O)CCCC3)C1. The van der Waals surface area contributed by atoms with Gasteiger partial charge in [-0.2, -0.15) is 5.10 Å². The average molecular weight is 289 g/mol. The monoisotopic (exact) mass is 289 g/mol. The Morgan fingerprint density at radius 3 is 2.95 bits per heavy atom. The van der Waals surface area contributed by atoms with Crippen molar-refractivity contribution < 1.29 is 4.79 Å². The summed E-state index contributed by atoms with van der Waals surface area (Å²) in [4.78, 5) is 26.3. The van der Waals surface area contributed by atoms with Crippen LogP contribution in [0.4, 0.5) is 0 Å². The molecule has 2 heterocycles. The van der Waals surface area contributed by atoms with Gasteiger partial charge < -0.3 is 4.90 Å². The summed E-state index contributed by atoms with van der Waals surface area (Å²) in [6.45, 7) is 3.86. The van der Waals surface area contributed by atoms with E-state index in [-0.39, 0.29) is 18.0 Å². The second-order valence-corrected chi connectivity index (χ2v) is 6.41. The van der Waals surface area contributed by atoms with Gasteiger partial charge in [0.2, 0.25) is 5.91 Å². The molecular weight excluding hydrogens is 266 g/mol.